The summed E-state index contributed by atoms with van der Waals surface area (Å²) in [5.41, 5.74) is 9.44. The van der Waals surface area contributed by atoms with Crippen molar-refractivity contribution in [3.8, 4) is 22.6 Å². The Morgan fingerprint density at radius 3 is 1.64 bits per heavy atom. The van der Waals surface area contributed by atoms with Crippen LogP contribution < -0.4 is 0 Å². The minimum atomic E-state index is -0.534. The Labute approximate surface area is 242 Å². The number of benzene rings is 2. The van der Waals surface area contributed by atoms with Crippen molar-refractivity contribution < 1.29 is 28.0 Å². The summed E-state index contributed by atoms with van der Waals surface area (Å²) in [7, 11) is 0. The van der Waals surface area contributed by atoms with Gasteiger partial charge in [-0.1, -0.05) is 24.8 Å². The predicted octanol–water partition coefficient (Wildman–Crippen LogP) is 7.97. The van der Waals surface area contributed by atoms with Crippen molar-refractivity contribution in [2.75, 3.05) is 0 Å². The summed E-state index contributed by atoms with van der Waals surface area (Å²) >= 11 is 0. The van der Waals surface area contributed by atoms with Gasteiger partial charge in [-0.15, -0.1) is 0 Å². The fraction of sp³-hybridized carbons (Fsp3) is 0.222. The number of rotatable bonds is 0. The lowest BCUT2D eigenvalue weighted by Gasteiger charge is -2.23. The highest BCUT2D eigenvalue weighted by Crippen LogP contribution is 2.43. The molecular formula is C36H28O6. The number of hydrogen-bond donors (Lipinski definition) is 0. The summed E-state index contributed by atoms with van der Waals surface area (Å²) in [6.45, 7) is 9.92. The maximum Gasteiger partial charge on any atom is 0.237 e. The second-order valence-corrected chi connectivity index (χ2v) is 11.5. The lowest BCUT2D eigenvalue weighted by Crippen LogP contribution is -2.24. The van der Waals surface area contributed by atoms with E-state index < -0.39 is 23.1 Å². The summed E-state index contributed by atoms with van der Waals surface area (Å²) in [6.07, 6.45) is 8.11. The lowest BCUT2D eigenvalue weighted by atomic mass is 9.78. The number of hydrogen-bond acceptors (Lipinski definition) is 6. The number of carbonyl (C=O) groups is 4. The quantitative estimate of drug-likeness (QED) is 0.204. The van der Waals surface area contributed by atoms with E-state index in [-0.39, 0.29) is 0 Å². The van der Waals surface area contributed by atoms with Gasteiger partial charge in [0.1, 0.15) is 11.5 Å². The molecule has 0 aliphatic heterocycles. The third-order valence-corrected chi connectivity index (χ3v) is 8.94. The molecule has 0 unspecified atom stereocenters. The van der Waals surface area contributed by atoms with Gasteiger partial charge >= 0.3 is 0 Å². The number of allylic oxidation sites excluding steroid dienone is 3. The molecule has 0 N–H and O–H groups in total. The average molecular weight is 557 g/mol. The first-order valence-electron chi connectivity index (χ1n) is 14.2. The molecule has 0 amide bonds. The van der Waals surface area contributed by atoms with Crippen LogP contribution in [0.5, 0.6) is 0 Å². The van der Waals surface area contributed by atoms with Crippen molar-refractivity contribution in [2.24, 2.45) is 0 Å². The molecule has 2 aromatic carbocycles. The summed E-state index contributed by atoms with van der Waals surface area (Å²) in [6, 6.07) is 7.71. The van der Waals surface area contributed by atoms with Crippen LogP contribution in [0.4, 0.5) is 0 Å². The van der Waals surface area contributed by atoms with Crippen LogP contribution in [0, 0.1) is 13.8 Å². The number of aryl methyl sites for hydroxylation is 2. The molecule has 0 atom stereocenters. The van der Waals surface area contributed by atoms with Crippen LogP contribution in [0.2, 0.25) is 0 Å². The van der Waals surface area contributed by atoms with Crippen LogP contribution in [0.1, 0.15) is 101 Å². The van der Waals surface area contributed by atoms with Crippen molar-refractivity contribution in [1.29, 1.82) is 0 Å². The van der Waals surface area contributed by atoms with Gasteiger partial charge in [-0.3, -0.25) is 19.2 Å². The second-order valence-electron chi connectivity index (χ2n) is 11.5. The van der Waals surface area contributed by atoms with E-state index in [1.807, 2.05) is 31.2 Å². The molecule has 0 spiro atoms. The largest absolute Gasteiger partial charge is 0.463 e. The molecule has 6 nitrogen and oxygen atoms in total. The van der Waals surface area contributed by atoms with Gasteiger partial charge < -0.3 is 8.83 Å². The van der Waals surface area contributed by atoms with E-state index >= 15 is 0 Å². The third kappa shape index (κ3) is 3.57. The third-order valence-electron chi connectivity index (χ3n) is 8.94. The van der Waals surface area contributed by atoms with E-state index in [2.05, 4.69) is 12.7 Å². The average Bonchev–Trinajstić information content (AvgIpc) is 3.56. The summed E-state index contributed by atoms with van der Waals surface area (Å²) < 4.78 is 11.5. The number of furan rings is 2. The summed E-state index contributed by atoms with van der Waals surface area (Å²) in [4.78, 5) is 53.3. The number of ketones is 4. The molecule has 0 radical (unpaired) electrons. The standard InChI is InChI=1S/C36H28O6/c1-17-7-5-9-24-22(12-14-26-30(24)34(40)32(38)28-20(4)16-42-36(26)28)18(2)8-6-10-23-21(17)11-13-25-29(23)33(39)31(37)27-19(3)15-41-35(25)27/h8,11-16H,1,5-7,9-10H2,2-4H3/b18-8-. The van der Waals surface area contributed by atoms with Gasteiger partial charge in [0.25, 0.3) is 0 Å². The molecule has 6 heteroatoms. The molecule has 2 aromatic heterocycles. The maximum absolute atomic E-state index is 13.5. The SMILES string of the molecule is C=C1CCCc2c(ccc3c2C(=O)C(=O)c2c(C)coc2-3)/C(C)=C\CCc2c1ccc1c2C(=O)C(=O)c2c(C)coc2-1. The molecule has 7 rings (SSSR count). The fourth-order valence-corrected chi connectivity index (χ4v) is 6.87. The first-order chi connectivity index (χ1) is 20.2. The number of fused-ring (bicyclic) bond motifs is 10. The Hall–Kier alpha value is -4.84. The van der Waals surface area contributed by atoms with E-state index in [1.54, 1.807) is 13.8 Å². The molecular weight excluding hydrogens is 528 g/mol. The Bertz CT molecular complexity index is 1970. The topological polar surface area (TPSA) is 94.6 Å². The van der Waals surface area contributed by atoms with Crippen LogP contribution in [-0.2, 0) is 12.8 Å². The first kappa shape index (κ1) is 26.1. The zero-order chi connectivity index (χ0) is 29.4. The smallest absolute Gasteiger partial charge is 0.237 e. The van der Waals surface area contributed by atoms with E-state index in [0.717, 1.165) is 33.4 Å². The molecule has 0 fully saturated rings. The van der Waals surface area contributed by atoms with Crippen LogP contribution in [0.3, 0.4) is 0 Å². The highest BCUT2D eigenvalue weighted by molar-refractivity contribution is 6.54. The Balaban J connectivity index is 1.35. The Morgan fingerprint density at radius 1 is 0.595 bits per heavy atom. The molecule has 0 saturated heterocycles. The molecule has 0 saturated carbocycles. The minimum absolute atomic E-state index is 0.347. The zero-order valence-electron chi connectivity index (χ0n) is 23.7. The highest BCUT2D eigenvalue weighted by Gasteiger charge is 2.38. The lowest BCUT2D eigenvalue weighted by molar-refractivity contribution is 0.0813. The fourth-order valence-electron chi connectivity index (χ4n) is 6.87. The normalized spacial score (nSPS) is 17.6. The van der Waals surface area contributed by atoms with Crippen molar-refractivity contribution in [3.63, 3.8) is 0 Å². The minimum Gasteiger partial charge on any atom is -0.463 e. The van der Waals surface area contributed by atoms with E-state index in [4.69, 9.17) is 8.83 Å². The summed E-state index contributed by atoms with van der Waals surface area (Å²) in [5, 5.41) is 0. The van der Waals surface area contributed by atoms with Crippen LogP contribution in [0.15, 0.2) is 58.3 Å². The molecule has 208 valence electrons. The van der Waals surface area contributed by atoms with E-state index in [9.17, 15) is 19.2 Å². The zero-order valence-corrected chi connectivity index (χ0v) is 23.7. The van der Waals surface area contributed by atoms with Gasteiger partial charge in [0.2, 0.25) is 23.1 Å². The van der Waals surface area contributed by atoms with Crippen molar-refractivity contribution >= 4 is 34.3 Å². The van der Waals surface area contributed by atoms with E-state index in [1.165, 1.54) is 12.5 Å². The first-order valence-corrected chi connectivity index (χ1v) is 14.2. The van der Waals surface area contributed by atoms with Gasteiger partial charge in [0, 0.05) is 22.3 Å². The number of Topliss-reactive ketones (excluding diaryl/α,β-unsaturated/α-hetero) is 4. The number of carbonyl (C=O) groups excluding carboxylic acids is 4. The second kappa shape index (κ2) is 9.35. The maximum atomic E-state index is 13.5. The molecule has 3 aliphatic rings. The predicted molar refractivity (Wildman–Crippen MR) is 159 cm³/mol. The Kier molecular flexibility index (Phi) is 5.80. The monoisotopic (exact) mass is 556 g/mol. The van der Waals surface area contributed by atoms with Gasteiger partial charge in [-0.25, -0.2) is 0 Å². The Morgan fingerprint density at radius 2 is 1.07 bits per heavy atom. The molecule has 2 heterocycles. The van der Waals surface area contributed by atoms with Gasteiger partial charge in [-0.05, 0) is 110 Å². The van der Waals surface area contributed by atoms with Gasteiger partial charge in [-0.2, -0.15) is 0 Å². The van der Waals surface area contributed by atoms with Crippen LogP contribution >= 0.6 is 0 Å². The molecule has 4 aromatic rings. The van der Waals surface area contributed by atoms with Gasteiger partial charge in [0.15, 0.2) is 0 Å². The molecule has 0 bridgehead atoms. The van der Waals surface area contributed by atoms with Crippen molar-refractivity contribution in [2.45, 2.75) is 52.9 Å². The van der Waals surface area contributed by atoms with Crippen molar-refractivity contribution in [3.05, 3.63) is 105 Å². The van der Waals surface area contributed by atoms with Crippen LogP contribution in [-0.4, -0.2) is 23.1 Å². The highest BCUT2D eigenvalue weighted by atomic mass is 16.3. The van der Waals surface area contributed by atoms with Crippen LogP contribution in [0.25, 0.3) is 33.8 Å². The molecule has 3 aliphatic carbocycles. The molecule has 42 heavy (non-hydrogen) atoms. The summed E-state index contributed by atoms with van der Waals surface area (Å²) in [5.74, 6) is -1.15. The van der Waals surface area contributed by atoms with Crippen molar-refractivity contribution in [1.82, 2.24) is 0 Å². The van der Waals surface area contributed by atoms with E-state index in [0.29, 0.717) is 88.1 Å². The van der Waals surface area contributed by atoms with Gasteiger partial charge in [0.05, 0.1) is 23.7 Å².